The van der Waals surface area contributed by atoms with Gasteiger partial charge in [-0.15, -0.1) is 0 Å². The Morgan fingerprint density at radius 2 is 1.67 bits per heavy atom. The Bertz CT molecular complexity index is 1570. The number of ether oxygens (including phenoxy) is 1. The van der Waals surface area contributed by atoms with Gasteiger partial charge in [0.1, 0.15) is 18.2 Å². The number of hydrogen-bond donors (Lipinski definition) is 2. The van der Waals surface area contributed by atoms with Gasteiger partial charge in [-0.1, -0.05) is 83.8 Å². The fourth-order valence-electron chi connectivity index (χ4n) is 8.11. The molecule has 5 rings (SSSR count). The number of pyridine rings is 1. The molecule has 262 valence electrons. The number of anilines is 1. The first-order valence-electron chi connectivity index (χ1n) is 17.8. The molecule has 2 aliphatic carbocycles. The van der Waals surface area contributed by atoms with Crippen molar-refractivity contribution in [1.29, 1.82) is 0 Å². The summed E-state index contributed by atoms with van der Waals surface area (Å²) in [5.41, 5.74) is 9.11. The second-order valence-electron chi connectivity index (χ2n) is 15.2. The molecule has 1 atom stereocenters. The molecule has 0 aromatic carbocycles. The summed E-state index contributed by atoms with van der Waals surface area (Å²) in [6.45, 7) is 11.6. The molecule has 2 amide bonds. The summed E-state index contributed by atoms with van der Waals surface area (Å²) >= 11 is 0. The minimum Gasteiger partial charge on any atom is -0.364 e. The van der Waals surface area contributed by atoms with Gasteiger partial charge in [0.15, 0.2) is 0 Å². The van der Waals surface area contributed by atoms with E-state index in [1.165, 1.54) is 17.5 Å². The minimum absolute atomic E-state index is 0.0149. The van der Waals surface area contributed by atoms with E-state index >= 15 is 4.39 Å². The Balaban J connectivity index is 1.43. The molecular formula is C36H54FN7O3Si. The largest absolute Gasteiger partial charge is 0.364 e. The second kappa shape index (κ2) is 15.4. The standard InChI is InChI=1S/C36H54FN7O3Si/c1-23-30(24(2)44(42-23)22-47-19-20-48(4,5)6)27-17-18-29(40-34(27)37)41-36(46)32(28-21-39-43(3)33(28)35(38)45)31(25-13-9-7-10-14-25)26-15-11-8-12-16-26/h17-18,21,25-26,31-32H,7-16,19-20,22H2,1-6H3,(H2,38,45)(H,40,41,46). The van der Waals surface area contributed by atoms with E-state index in [4.69, 9.17) is 10.5 Å². The number of primary amides is 1. The maximum absolute atomic E-state index is 15.8. The van der Waals surface area contributed by atoms with E-state index in [9.17, 15) is 9.59 Å². The highest BCUT2D eigenvalue weighted by atomic mass is 28.3. The van der Waals surface area contributed by atoms with Crippen LogP contribution in [-0.4, -0.2) is 51.0 Å². The fourth-order valence-corrected chi connectivity index (χ4v) is 8.87. The highest BCUT2D eigenvalue weighted by Gasteiger charge is 2.43. The summed E-state index contributed by atoms with van der Waals surface area (Å²) in [6.07, 6.45) is 12.7. The van der Waals surface area contributed by atoms with E-state index in [1.807, 2.05) is 13.8 Å². The van der Waals surface area contributed by atoms with Crippen molar-refractivity contribution in [1.82, 2.24) is 24.5 Å². The molecule has 0 aliphatic heterocycles. The van der Waals surface area contributed by atoms with Crippen LogP contribution in [0.3, 0.4) is 0 Å². The number of carbonyl (C=O) groups excluding carboxylic acids is 2. The van der Waals surface area contributed by atoms with Gasteiger partial charge in [0.25, 0.3) is 5.91 Å². The summed E-state index contributed by atoms with van der Waals surface area (Å²) in [7, 11) is 0.459. The van der Waals surface area contributed by atoms with Crippen molar-refractivity contribution >= 4 is 25.7 Å². The van der Waals surface area contributed by atoms with Crippen LogP contribution in [0.15, 0.2) is 18.3 Å². The number of carbonyl (C=O) groups is 2. The van der Waals surface area contributed by atoms with Crippen LogP contribution in [0.4, 0.5) is 10.2 Å². The first-order valence-corrected chi connectivity index (χ1v) is 21.5. The Morgan fingerprint density at radius 3 is 2.23 bits per heavy atom. The van der Waals surface area contributed by atoms with Crippen molar-refractivity contribution in [3.05, 3.63) is 46.9 Å². The van der Waals surface area contributed by atoms with Crippen molar-refractivity contribution in [3.8, 4) is 11.1 Å². The third-order valence-electron chi connectivity index (χ3n) is 10.6. The van der Waals surface area contributed by atoms with Crippen molar-refractivity contribution < 1.29 is 18.7 Å². The van der Waals surface area contributed by atoms with Gasteiger partial charge < -0.3 is 15.8 Å². The van der Waals surface area contributed by atoms with E-state index in [1.54, 1.807) is 30.1 Å². The van der Waals surface area contributed by atoms with Crippen LogP contribution < -0.4 is 11.1 Å². The molecule has 12 heteroatoms. The van der Waals surface area contributed by atoms with Crippen LogP contribution in [-0.2, 0) is 23.3 Å². The predicted octanol–water partition coefficient (Wildman–Crippen LogP) is 7.34. The summed E-state index contributed by atoms with van der Waals surface area (Å²) in [6, 6.07) is 4.35. The number of aromatic nitrogens is 5. The van der Waals surface area contributed by atoms with Crippen molar-refractivity contribution in [2.75, 3.05) is 11.9 Å². The van der Waals surface area contributed by atoms with E-state index in [-0.39, 0.29) is 23.3 Å². The molecular weight excluding hydrogens is 626 g/mol. The van der Waals surface area contributed by atoms with Gasteiger partial charge in [-0.05, 0) is 49.8 Å². The number of nitrogens with one attached hydrogen (secondary N) is 1. The molecule has 1 unspecified atom stereocenters. The normalized spacial score (nSPS) is 17.2. The molecule has 0 radical (unpaired) electrons. The number of amides is 2. The maximum Gasteiger partial charge on any atom is 0.267 e. The molecule has 0 spiro atoms. The SMILES string of the molecule is Cc1nn(COCC[Si](C)(C)C)c(C)c1-c1ccc(NC(=O)C(c2cnn(C)c2C(N)=O)C(C2CCCCC2)C2CCCCC2)nc1F. The number of rotatable bonds is 13. The number of halogens is 1. The topological polar surface area (TPSA) is 130 Å². The van der Waals surface area contributed by atoms with Crippen molar-refractivity contribution in [2.45, 2.75) is 116 Å². The molecule has 10 nitrogen and oxygen atoms in total. The van der Waals surface area contributed by atoms with E-state index in [0.29, 0.717) is 47.6 Å². The average molecular weight is 680 g/mol. The van der Waals surface area contributed by atoms with Gasteiger partial charge in [0.05, 0.1) is 17.8 Å². The lowest BCUT2D eigenvalue weighted by Crippen LogP contribution is -2.39. The van der Waals surface area contributed by atoms with Crippen molar-refractivity contribution in [3.63, 3.8) is 0 Å². The smallest absolute Gasteiger partial charge is 0.267 e. The quantitative estimate of drug-likeness (QED) is 0.110. The third kappa shape index (κ3) is 8.24. The molecule has 48 heavy (non-hydrogen) atoms. The van der Waals surface area contributed by atoms with E-state index in [2.05, 4.69) is 40.1 Å². The van der Waals surface area contributed by atoms with Crippen LogP contribution >= 0.6 is 0 Å². The lowest BCUT2D eigenvalue weighted by atomic mass is 9.63. The molecule has 2 aliphatic rings. The van der Waals surface area contributed by atoms with Gasteiger partial charge in [-0.3, -0.25) is 14.3 Å². The number of nitrogens with zero attached hydrogens (tertiary/aromatic N) is 5. The lowest BCUT2D eigenvalue weighted by Gasteiger charge is -2.41. The minimum atomic E-state index is -1.22. The number of aryl methyl sites for hydroxylation is 2. The van der Waals surface area contributed by atoms with Crippen LogP contribution in [0.25, 0.3) is 11.1 Å². The Kier molecular flexibility index (Phi) is 11.6. The van der Waals surface area contributed by atoms with E-state index < -0.39 is 25.8 Å². The Hall–Kier alpha value is -3.38. The van der Waals surface area contributed by atoms with Crippen molar-refractivity contribution in [2.24, 2.45) is 30.5 Å². The summed E-state index contributed by atoms with van der Waals surface area (Å²) in [5.74, 6) is -1.46. The Labute approximate surface area is 285 Å². The Morgan fingerprint density at radius 1 is 1.04 bits per heavy atom. The number of nitrogens with two attached hydrogens (primary N) is 1. The van der Waals surface area contributed by atoms with Crippen LogP contribution in [0.1, 0.15) is 97.6 Å². The summed E-state index contributed by atoms with van der Waals surface area (Å²) in [5, 5.41) is 12.0. The summed E-state index contributed by atoms with van der Waals surface area (Å²) < 4.78 is 25.0. The molecule has 3 N–H and O–H groups in total. The second-order valence-corrected chi connectivity index (χ2v) is 20.8. The van der Waals surface area contributed by atoms with Crippen LogP contribution in [0.2, 0.25) is 25.7 Å². The average Bonchev–Trinajstić information content (AvgIpc) is 3.56. The van der Waals surface area contributed by atoms with Gasteiger partial charge in [0, 0.05) is 44.1 Å². The third-order valence-corrected chi connectivity index (χ3v) is 12.3. The molecule has 2 fully saturated rings. The van der Waals surface area contributed by atoms with Gasteiger partial charge in [-0.2, -0.15) is 14.6 Å². The first-order chi connectivity index (χ1) is 22.9. The molecule has 0 bridgehead atoms. The molecule has 3 aromatic rings. The summed E-state index contributed by atoms with van der Waals surface area (Å²) in [4.78, 5) is 31.4. The van der Waals surface area contributed by atoms with Crippen LogP contribution in [0, 0.1) is 37.5 Å². The predicted molar refractivity (Wildman–Crippen MR) is 189 cm³/mol. The monoisotopic (exact) mass is 679 g/mol. The highest BCUT2D eigenvalue weighted by molar-refractivity contribution is 6.76. The van der Waals surface area contributed by atoms with Crippen LogP contribution in [0.5, 0.6) is 0 Å². The van der Waals surface area contributed by atoms with Gasteiger partial charge in [0.2, 0.25) is 11.9 Å². The maximum atomic E-state index is 15.8. The lowest BCUT2D eigenvalue weighted by molar-refractivity contribution is -0.120. The van der Waals surface area contributed by atoms with Gasteiger partial charge >= 0.3 is 0 Å². The highest BCUT2D eigenvalue weighted by Crippen LogP contribution is 2.48. The number of hydrogen-bond acceptors (Lipinski definition) is 6. The zero-order valence-electron chi connectivity index (χ0n) is 29.6. The van der Waals surface area contributed by atoms with Gasteiger partial charge in [-0.25, -0.2) is 9.67 Å². The van der Waals surface area contributed by atoms with E-state index in [0.717, 1.165) is 63.1 Å². The fraction of sp³-hybridized carbons (Fsp3) is 0.639. The zero-order chi connectivity index (χ0) is 34.6. The molecule has 2 saturated carbocycles. The molecule has 3 heterocycles. The first kappa shape index (κ1) is 35.9. The molecule has 0 saturated heterocycles. The zero-order valence-corrected chi connectivity index (χ0v) is 30.6. The molecule has 3 aromatic heterocycles.